The lowest BCUT2D eigenvalue weighted by Gasteiger charge is -2.16. The smallest absolute Gasteiger partial charge is 0.0561 e. The standard InChI is InChI=1S/C10H16Si/c1-5-7-9-11(3,4)10-8-6-2/h7-8H,1-2,9-10H2,3-4H3. The van der Waals surface area contributed by atoms with E-state index in [0.717, 1.165) is 12.1 Å². The van der Waals surface area contributed by atoms with E-state index < -0.39 is 8.07 Å². The lowest BCUT2D eigenvalue weighted by atomic mass is 10.7. The molecule has 1 heteroatoms. The van der Waals surface area contributed by atoms with Crippen LogP contribution in [0.5, 0.6) is 0 Å². The number of hydrogen-bond donors (Lipinski definition) is 0. The highest BCUT2D eigenvalue weighted by atomic mass is 28.3. The van der Waals surface area contributed by atoms with Gasteiger partial charge in [0.15, 0.2) is 0 Å². The lowest BCUT2D eigenvalue weighted by molar-refractivity contribution is 1.42. The number of rotatable bonds is 4. The first-order valence-corrected chi connectivity index (χ1v) is 7.22. The minimum absolute atomic E-state index is 1.06. The Hall–Kier alpha value is -0.743. The van der Waals surface area contributed by atoms with Crippen molar-refractivity contribution in [1.82, 2.24) is 0 Å². The van der Waals surface area contributed by atoms with Crippen LogP contribution >= 0.6 is 0 Å². The summed E-state index contributed by atoms with van der Waals surface area (Å²) in [7, 11) is -1.06. The van der Waals surface area contributed by atoms with Gasteiger partial charge in [0.2, 0.25) is 0 Å². The first kappa shape index (κ1) is 10.3. The molecule has 0 atom stereocenters. The molecule has 0 saturated carbocycles. The van der Waals surface area contributed by atoms with E-state index in [2.05, 4.69) is 37.7 Å². The molecular weight excluding hydrogens is 148 g/mol. The summed E-state index contributed by atoms with van der Waals surface area (Å²) in [5.74, 6) is 0. The summed E-state index contributed by atoms with van der Waals surface area (Å²) in [4.78, 5) is 0. The lowest BCUT2D eigenvalue weighted by Crippen LogP contribution is -2.22. The van der Waals surface area contributed by atoms with Gasteiger partial charge < -0.3 is 0 Å². The molecule has 0 saturated heterocycles. The minimum Gasteiger partial charge on any atom is -0.133 e. The van der Waals surface area contributed by atoms with Crippen LogP contribution in [-0.2, 0) is 0 Å². The van der Waals surface area contributed by atoms with Crippen molar-refractivity contribution in [3.05, 3.63) is 36.8 Å². The number of allylic oxidation sites excluding steroid dienone is 2. The molecule has 0 unspecified atom stereocenters. The van der Waals surface area contributed by atoms with Crippen molar-refractivity contribution in [1.29, 1.82) is 0 Å². The molecule has 0 spiro atoms. The third-order valence-corrected chi connectivity index (χ3v) is 4.22. The Labute approximate surface area is 70.6 Å². The van der Waals surface area contributed by atoms with Crippen molar-refractivity contribution in [3.8, 4) is 0 Å². The Balaban J connectivity index is 3.98. The zero-order valence-corrected chi connectivity index (χ0v) is 8.48. The van der Waals surface area contributed by atoms with E-state index in [1.165, 1.54) is 0 Å². The minimum atomic E-state index is -1.06. The van der Waals surface area contributed by atoms with Crippen molar-refractivity contribution in [2.45, 2.75) is 25.2 Å². The highest BCUT2D eigenvalue weighted by Crippen LogP contribution is 2.15. The molecule has 0 heterocycles. The first-order chi connectivity index (χ1) is 5.12. The van der Waals surface area contributed by atoms with E-state index >= 15 is 0 Å². The van der Waals surface area contributed by atoms with Crippen LogP contribution in [-0.4, -0.2) is 8.07 Å². The van der Waals surface area contributed by atoms with Crippen LogP contribution in [0.3, 0.4) is 0 Å². The SMILES string of the molecule is C=C=CC[Si](C)(C)CC=C=C. The van der Waals surface area contributed by atoms with E-state index in [4.69, 9.17) is 0 Å². The van der Waals surface area contributed by atoms with Gasteiger partial charge in [0.25, 0.3) is 0 Å². The molecule has 0 aromatic carbocycles. The predicted octanol–water partition coefficient (Wildman–Crippen LogP) is 3.38. The average molecular weight is 164 g/mol. The largest absolute Gasteiger partial charge is 0.133 e. The Morgan fingerprint density at radius 3 is 1.73 bits per heavy atom. The van der Waals surface area contributed by atoms with Crippen molar-refractivity contribution < 1.29 is 0 Å². The summed E-state index contributed by atoms with van der Waals surface area (Å²) in [5, 5.41) is 0. The Morgan fingerprint density at radius 2 is 1.45 bits per heavy atom. The monoisotopic (exact) mass is 164 g/mol. The van der Waals surface area contributed by atoms with Crippen LogP contribution in [0.25, 0.3) is 0 Å². The van der Waals surface area contributed by atoms with Gasteiger partial charge in [-0.3, -0.25) is 0 Å². The molecule has 0 bridgehead atoms. The third kappa shape index (κ3) is 5.69. The fourth-order valence-electron chi connectivity index (χ4n) is 0.780. The van der Waals surface area contributed by atoms with Crippen molar-refractivity contribution in [2.75, 3.05) is 0 Å². The molecule has 60 valence electrons. The second-order valence-corrected chi connectivity index (χ2v) is 8.53. The van der Waals surface area contributed by atoms with Crippen LogP contribution in [0.4, 0.5) is 0 Å². The summed E-state index contributed by atoms with van der Waals surface area (Å²) >= 11 is 0. The zero-order chi connectivity index (χ0) is 8.74. The van der Waals surface area contributed by atoms with E-state index in [0.29, 0.717) is 0 Å². The van der Waals surface area contributed by atoms with Gasteiger partial charge in [-0.25, -0.2) is 0 Å². The second-order valence-electron chi connectivity index (χ2n) is 3.39. The van der Waals surface area contributed by atoms with E-state index in [1.54, 1.807) is 0 Å². The van der Waals surface area contributed by atoms with Gasteiger partial charge in [0.1, 0.15) is 0 Å². The van der Waals surface area contributed by atoms with E-state index in [-0.39, 0.29) is 0 Å². The molecule has 0 amide bonds. The maximum atomic E-state index is 3.55. The summed E-state index contributed by atoms with van der Waals surface area (Å²) in [6.07, 6.45) is 4.06. The van der Waals surface area contributed by atoms with Crippen LogP contribution in [0.2, 0.25) is 25.2 Å². The predicted molar refractivity (Wildman–Crippen MR) is 54.5 cm³/mol. The normalized spacial score (nSPS) is 9.64. The fraction of sp³-hybridized carbons (Fsp3) is 0.400. The van der Waals surface area contributed by atoms with Crippen LogP contribution in [0.15, 0.2) is 36.8 Å². The number of hydrogen-bond acceptors (Lipinski definition) is 0. The Morgan fingerprint density at radius 1 is 1.09 bits per heavy atom. The molecule has 0 radical (unpaired) electrons. The Bertz CT molecular complexity index is 179. The summed E-state index contributed by atoms with van der Waals surface area (Å²) in [5.41, 5.74) is 5.62. The first-order valence-electron chi connectivity index (χ1n) is 3.81. The molecular formula is C10H16Si. The molecule has 0 aliphatic carbocycles. The molecule has 0 aromatic rings. The molecule has 0 nitrogen and oxygen atoms in total. The van der Waals surface area contributed by atoms with Gasteiger partial charge >= 0.3 is 0 Å². The maximum absolute atomic E-state index is 3.55. The molecule has 11 heavy (non-hydrogen) atoms. The van der Waals surface area contributed by atoms with Crippen LogP contribution < -0.4 is 0 Å². The van der Waals surface area contributed by atoms with Crippen molar-refractivity contribution in [2.24, 2.45) is 0 Å². The quantitative estimate of drug-likeness (QED) is 0.441. The second kappa shape index (κ2) is 4.98. The van der Waals surface area contributed by atoms with Crippen LogP contribution in [0.1, 0.15) is 0 Å². The van der Waals surface area contributed by atoms with Gasteiger partial charge in [-0.1, -0.05) is 26.3 Å². The zero-order valence-electron chi connectivity index (χ0n) is 7.48. The fourth-order valence-corrected chi connectivity index (χ4v) is 2.34. The summed E-state index contributed by atoms with van der Waals surface area (Å²) in [6, 6.07) is 2.30. The van der Waals surface area contributed by atoms with Crippen molar-refractivity contribution in [3.63, 3.8) is 0 Å². The molecule has 0 rings (SSSR count). The van der Waals surface area contributed by atoms with E-state index in [9.17, 15) is 0 Å². The molecule has 0 aliphatic rings. The van der Waals surface area contributed by atoms with Gasteiger partial charge in [-0.2, -0.15) is 0 Å². The molecule has 0 aromatic heterocycles. The van der Waals surface area contributed by atoms with Gasteiger partial charge in [0.05, 0.1) is 8.07 Å². The maximum Gasteiger partial charge on any atom is 0.0561 e. The van der Waals surface area contributed by atoms with Crippen LogP contribution in [0, 0.1) is 0 Å². The third-order valence-electron chi connectivity index (χ3n) is 1.60. The Kier molecular flexibility index (Phi) is 4.64. The highest BCUT2D eigenvalue weighted by Gasteiger charge is 2.16. The highest BCUT2D eigenvalue weighted by molar-refractivity contribution is 6.78. The molecule has 0 fully saturated rings. The molecule has 0 N–H and O–H groups in total. The van der Waals surface area contributed by atoms with Gasteiger partial charge in [-0.05, 0) is 24.2 Å². The van der Waals surface area contributed by atoms with Gasteiger partial charge in [0, 0.05) is 0 Å². The molecule has 0 aliphatic heterocycles. The average Bonchev–Trinajstić information content (AvgIpc) is 1.97. The summed E-state index contributed by atoms with van der Waals surface area (Å²) in [6.45, 7) is 11.8. The van der Waals surface area contributed by atoms with Crippen molar-refractivity contribution >= 4 is 8.07 Å². The summed E-state index contributed by atoms with van der Waals surface area (Å²) < 4.78 is 0. The van der Waals surface area contributed by atoms with Gasteiger partial charge in [-0.15, -0.1) is 11.5 Å². The van der Waals surface area contributed by atoms with E-state index in [1.807, 2.05) is 12.2 Å². The topological polar surface area (TPSA) is 0 Å².